The number of aliphatic carboxylic acids is 1. The third-order valence-corrected chi connectivity index (χ3v) is 4.53. The summed E-state index contributed by atoms with van der Waals surface area (Å²) >= 11 is 0. The van der Waals surface area contributed by atoms with Crippen LogP contribution in [0.15, 0.2) is 12.1 Å². The summed E-state index contributed by atoms with van der Waals surface area (Å²) in [6, 6.07) is 3.64. The van der Waals surface area contributed by atoms with Crippen molar-refractivity contribution in [3.05, 3.63) is 23.3 Å². The molecule has 0 aromatic heterocycles. The molecule has 0 aliphatic heterocycles. The van der Waals surface area contributed by atoms with Gasteiger partial charge >= 0.3 is 5.97 Å². The third-order valence-electron chi connectivity index (χ3n) is 4.53. The first kappa shape index (κ1) is 16.6. The van der Waals surface area contributed by atoms with E-state index in [9.17, 15) is 9.90 Å². The number of hydrogen-bond donors (Lipinski definition) is 1. The molecule has 0 heterocycles. The lowest BCUT2D eigenvalue weighted by Crippen LogP contribution is -2.38. The predicted molar refractivity (Wildman–Crippen MR) is 82.7 cm³/mol. The minimum Gasteiger partial charge on any atom is -0.496 e. The van der Waals surface area contributed by atoms with Crippen molar-refractivity contribution in [1.29, 1.82) is 0 Å². The summed E-state index contributed by atoms with van der Waals surface area (Å²) < 4.78 is 16.0. The fraction of sp³-hybridized carbons (Fsp3) is 0.588. The van der Waals surface area contributed by atoms with Crippen LogP contribution < -0.4 is 9.47 Å². The first-order valence-corrected chi connectivity index (χ1v) is 7.56. The van der Waals surface area contributed by atoms with Crippen LogP contribution in [0.2, 0.25) is 0 Å². The predicted octanol–water partition coefficient (Wildman–Crippen LogP) is 3.14. The van der Waals surface area contributed by atoms with Crippen LogP contribution in [0.1, 0.15) is 43.2 Å². The van der Waals surface area contributed by atoms with Crippen LogP contribution in [0.4, 0.5) is 0 Å². The molecule has 0 amide bonds. The van der Waals surface area contributed by atoms with Crippen LogP contribution >= 0.6 is 0 Å². The fourth-order valence-corrected chi connectivity index (χ4v) is 3.36. The van der Waals surface area contributed by atoms with E-state index in [1.807, 2.05) is 6.07 Å². The SMILES string of the molecule is COCc1cc(C2(C(=O)O)CCCCC2)c(OC)cc1OC. The van der Waals surface area contributed by atoms with E-state index in [2.05, 4.69) is 0 Å². The average molecular weight is 308 g/mol. The van der Waals surface area contributed by atoms with Crippen LogP contribution in [0, 0.1) is 0 Å². The number of ether oxygens (including phenoxy) is 3. The molecule has 1 fully saturated rings. The lowest BCUT2D eigenvalue weighted by Gasteiger charge is -2.35. The van der Waals surface area contributed by atoms with Gasteiger partial charge in [-0.25, -0.2) is 0 Å². The average Bonchev–Trinajstić information content (AvgIpc) is 2.55. The highest BCUT2D eigenvalue weighted by molar-refractivity contribution is 5.83. The van der Waals surface area contributed by atoms with Crippen LogP contribution in [-0.4, -0.2) is 32.4 Å². The standard InChI is InChI=1S/C17H24O5/c1-20-11-12-9-13(15(22-3)10-14(12)21-2)17(16(18)19)7-5-4-6-8-17/h9-10H,4-8,11H2,1-3H3,(H,18,19). The number of carboxylic acid groups (broad SMARTS) is 1. The molecular formula is C17H24O5. The Bertz CT molecular complexity index is 532. The maximum Gasteiger partial charge on any atom is 0.314 e. The van der Waals surface area contributed by atoms with Gasteiger partial charge in [0.25, 0.3) is 0 Å². The Morgan fingerprint density at radius 1 is 1.09 bits per heavy atom. The van der Waals surface area contributed by atoms with E-state index in [1.54, 1.807) is 27.4 Å². The normalized spacial score (nSPS) is 17.0. The van der Waals surface area contributed by atoms with Gasteiger partial charge in [-0.2, -0.15) is 0 Å². The molecular weight excluding hydrogens is 284 g/mol. The maximum atomic E-state index is 12.1. The molecule has 1 N–H and O–H groups in total. The quantitative estimate of drug-likeness (QED) is 0.874. The minimum atomic E-state index is -0.877. The van der Waals surface area contributed by atoms with Crippen molar-refractivity contribution in [2.24, 2.45) is 0 Å². The Morgan fingerprint density at radius 3 is 2.23 bits per heavy atom. The molecule has 5 heteroatoms. The van der Waals surface area contributed by atoms with Gasteiger partial charge in [0.2, 0.25) is 0 Å². The number of carboxylic acids is 1. The molecule has 0 atom stereocenters. The van der Waals surface area contributed by atoms with Crippen LogP contribution in [0.25, 0.3) is 0 Å². The highest BCUT2D eigenvalue weighted by Gasteiger charge is 2.43. The number of hydrogen-bond acceptors (Lipinski definition) is 4. The number of carbonyl (C=O) groups is 1. The van der Waals surface area contributed by atoms with Crippen molar-refractivity contribution in [3.63, 3.8) is 0 Å². The Morgan fingerprint density at radius 2 is 1.73 bits per heavy atom. The van der Waals surface area contributed by atoms with Crippen molar-refractivity contribution in [2.75, 3.05) is 21.3 Å². The van der Waals surface area contributed by atoms with Crippen molar-refractivity contribution >= 4 is 5.97 Å². The molecule has 2 rings (SSSR count). The van der Waals surface area contributed by atoms with E-state index in [0.29, 0.717) is 30.9 Å². The van der Waals surface area contributed by atoms with Crippen LogP contribution in [0.5, 0.6) is 11.5 Å². The second-order valence-electron chi connectivity index (χ2n) is 5.75. The van der Waals surface area contributed by atoms with Gasteiger partial charge in [-0.1, -0.05) is 19.3 Å². The Hall–Kier alpha value is -1.75. The van der Waals surface area contributed by atoms with Gasteiger partial charge in [0, 0.05) is 24.3 Å². The molecule has 5 nitrogen and oxygen atoms in total. The molecule has 0 radical (unpaired) electrons. The second kappa shape index (κ2) is 7.01. The van der Waals surface area contributed by atoms with Crippen molar-refractivity contribution in [1.82, 2.24) is 0 Å². The van der Waals surface area contributed by atoms with E-state index in [-0.39, 0.29) is 0 Å². The smallest absolute Gasteiger partial charge is 0.314 e. The summed E-state index contributed by atoms with van der Waals surface area (Å²) in [4.78, 5) is 12.1. The molecule has 1 aliphatic carbocycles. The zero-order valence-electron chi connectivity index (χ0n) is 13.5. The van der Waals surface area contributed by atoms with Crippen LogP contribution in [0.3, 0.4) is 0 Å². The summed E-state index contributed by atoms with van der Waals surface area (Å²) in [6.07, 6.45) is 4.19. The van der Waals surface area contributed by atoms with Gasteiger partial charge in [0.1, 0.15) is 11.5 Å². The van der Waals surface area contributed by atoms with Gasteiger partial charge < -0.3 is 19.3 Å². The molecule has 0 saturated heterocycles. The Balaban J connectivity index is 2.59. The number of rotatable bonds is 6. The number of benzene rings is 1. The highest BCUT2D eigenvalue weighted by Crippen LogP contribution is 2.45. The monoisotopic (exact) mass is 308 g/mol. The summed E-state index contributed by atoms with van der Waals surface area (Å²) in [6.45, 7) is 0.371. The Kier molecular flexibility index (Phi) is 5.29. The van der Waals surface area contributed by atoms with E-state index in [4.69, 9.17) is 14.2 Å². The first-order valence-electron chi connectivity index (χ1n) is 7.56. The van der Waals surface area contributed by atoms with Gasteiger partial charge in [0.15, 0.2) is 0 Å². The van der Waals surface area contributed by atoms with Crippen molar-refractivity contribution in [2.45, 2.75) is 44.1 Å². The molecule has 1 aromatic rings. The van der Waals surface area contributed by atoms with Crippen LogP contribution in [-0.2, 0) is 21.6 Å². The lowest BCUT2D eigenvalue weighted by atomic mass is 9.69. The van der Waals surface area contributed by atoms with Gasteiger partial charge in [-0.3, -0.25) is 4.79 Å². The second-order valence-corrected chi connectivity index (χ2v) is 5.75. The van der Waals surface area contributed by atoms with E-state index >= 15 is 0 Å². The van der Waals surface area contributed by atoms with E-state index < -0.39 is 11.4 Å². The molecule has 22 heavy (non-hydrogen) atoms. The largest absolute Gasteiger partial charge is 0.496 e. The zero-order valence-corrected chi connectivity index (χ0v) is 13.5. The third kappa shape index (κ3) is 2.90. The Labute approximate surface area is 131 Å². The molecule has 1 aliphatic rings. The summed E-state index contributed by atoms with van der Waals surface area (Å²) in [5.74, 6) is 0.443. The maximum absolute atomic E-state index is 12.1. The molecule has 1 aromatic carbocycles. The number of methoxy groups -OCH3 is 3. The van der Waals surface area contributed by atoms with Gasteiger partial charge in [0.05, 0.1) is 26.2 Å². The summed E-state index contributed by atoms with van der Waals surface area (Å²) in [7, 11) is 4.75. The molecule has 122 valence electrons. The van der Waals surface area contributed by atoms with Crippen molar-refractivity contribution < 1.29 is 24.1 Å². The molecule has 0 bridgehead atoms. The minimum absolute atomic E-state index is 0.371. The molecule has 1 saturated carbocycles. The summed E-state index contributed by atoms with van der Waals surface area (Å²) in [5.41, 5.74) is 0.695. The first-order chi connectivity index (χ1) is 10.6. The fourth-order valence-electron chi connectivity index (χ4n) is 3.36. The van der Waals surface area contributed by atoms with Crippen molar-refractivity contribution in [3.8, 4) is 11.5 Å². The highest BCUT2D eigenvalue weighted by atomic mass is 16.5. The van der Waals surface area contributed by atoms with Gasteiger partial charge in [-0.05, 0) is 18.9 Å². The van der Waals surface area contributed by atoms with Gasteiger partial charge in [-0.15, -0.1) is 0 Å². The van der Waals surface area contributed by atoms with E-state index in [1.165, 1.54) is 0 Å². The topological polar surface area (TPSA) is 65.0 Å². The summed E-state index contributed by atoms with van der Waals surface area (Å²) in [5, 5.41) is 9.89. The molecule has 0 spiro atoms. The lowest BCUT2D eigenvalue weighted by molar-refractivity contribution is -0.145. The molecule has 0 unspecified atom stereocenters. The zero-order chi connectivity index (χ0) is 16.2. The van der Waals surface area contributed by atoms with E-state index in [0.717, 1.165) is 30.4 Å².